The van der Waals surface area contributed by atoms with Crippen LogP contribution in [0, 0.1) is 13.8 Å². The van der Waals surface area contributed by atoms with Crippen molar-refractivity contribution in [1.29, 1.82) is 0 Å². The van der Waals surface area contributed by atoms with Crippen LogP contribution in [0.4, 0.5) is 0 Å². The van der Waals surface area contributed by atoms with Gasteiger partial charge in [0.2, 0.25) is 0 Å². The van der Waals surface area contributed by atoms with E-state index < -0.39 is 5.60 Å². The van der Waals surface area contributed by atoms with Crippen LogP contribution in [0.5, 0.6) is 0 Å². The monoisotopic (exact) mass is 247 g/mol. The molecule has 1 aromatic carbocycles. The number of rotatable bonds is 3. The van der Waals surface area contributed by atoms with Crippen LogP contribution in [0.2, 0.25) is 0 Å². The maximum atomic E-state index is 12.3. The molecule has 0 saturated carbocycles. The summed E-state index contributed by atoms with van der Waals surface area (Å²) in [6.07, 6.45) is 1.71. The highest BCUT2D eigenvalue weighted by molar-refractivity contribution is 5.96. The number of hydrogen-bond donors (Lipinski definition) is 1. The van der Waals surface area contributed by atoms with Gasteiger partial charge in [-0.25, -0.2) is 0 Å². The van der Waals surface area contributed by atoms with Crippen LogP contribution < -0.4 is 0 Å². The van der Waals surface area contributed by atoms with E-state index in [0.29, 0.717) is 13.1 Å². The van der Waals surface area contributed by atoms with Gasteiger partial charge in [-0.15, -0.1) is 0 Å². The summed E-state index contributed by atoms with van der Waals surface area (Å²) in [4.78, 5) is 14.0. The molecule has 0 unspecified atom stereocenters. The number of hydrogen-bond acceptors (Lipinski definition) is 2. The molecular weight excluding hydrogens is 226 g/mol. The Labute approximate surface area is 108 Å². The molecule has 1 aromatic rings. The molecule has 0 aromatic heterocycles. The van der Waals surface area contributed by atoms with E-state index in [-0.39, 0.29) is 5.91 Å². The lowest BCUT2D eigenvalue weighted by Gasteiger charge is -2.46. The number of aliphatic hydroxyl groups is 1. The molecule has 1 amide bonds. The number of aryl methyl sites for hydroxylation is 2. The highest BCUT2D eigenvalue weighted by Gasteiger charge is 2.43. The minimum absolute atomic E-state index is 0.0389. The van der Waals surface area contributed by atoms with Gasteiger partial charge in [0.25, 0.3) is 5.91 Å². The number of carbonyl (C=O) groups is 1. The van der Waals surface area contributed by atoms with Crippen LogP contribution in [-0.2, 0) is 0 Å². The maximum Gasteiger partial charge on any atom is 0.254 e. The molecule has 0 spiro atoms. The maximum absolute atomic E-state index is 12.3. The van der Waals surface area contributed by atoms with Crippen molar-refractivity contribution in [3.05, 3.63) is 34.9 Å². The third-order valence-corrected chi connectivity index (χ3v) is 3.60. The zero-order valence-corrected chi connectivity index (χ0v) is 11.4. The molecule has 3 nitrogen and oxygen atoms in total. The summed E-state index contributed by atoms with van der Waals surface area (Å²) < 4.78 is 0. The zero-order chi connectivity index (χ0) is 13.3. The second kappa shape index (κ2) is 4.73. The normalized spacial score (nSPS) is 17.4. The Morgan fingerprint density at radius 3 is 2.67 bits per heavy atom. The van der Waals surface area contributed by atoms with Gasteiger partial charge in [0, 0.05) is 5.56 Å². The molecule has 0 radical (unpaired) electrons. The van der Waals surface area contributed by atoms with Crippen LogP contribution in [0.25, 0.3) is 0 Å². The standard InChI is InChI=1S/C15H21NO2/c1-4-7-15(18)9-16(10-15)14(17)13-8-11(2)5-6-12(13)3/h5-6,8,18H,4,7,9-10H2,1-3H3. The largest absolute Gasteiger partial charge is 0.386 e. The molecule has 1 heterocycles. The fourth-order valence-electron chi connectivity index (χ4n) is 2.57. The highest BCUT2D eigenvalue weighted by atomic mass is 16.3. The lowest BCUT2D eigenvalue weighted by molar-refractivity contribution is -0.0860. The fraction of sp³-hybridized carbons (Fsp3) is 0.533. The van der Waals surface area contributed by atoms with E-state index in [1.807, 2.05) is 39.0 Å². The summed E-state index contributed by atoms with van der Waals surface area (Å²) in [5.41, 5.74) is 2.20. The van der Waals surface area contributed by atoms with Crippen molar-refractivity contribution in [3.63, 3.8) is 0 Å². The number of β-amino-alcohol motifs (C(OH)–C–C–N with tert-alkyl or cyclic N) is 1. The van der Waals surface area contributed by atoms with Gasteiger partial charge >= 0.3 is 0 Å². The molecule has 1 aliphatic heterocycles. The number of nitrogens with zero attached hydrogens (tertiary/aromatic N) is 1. The van der Waals surface area contributed by atoms with Crippen LogP contribution in [-0.4, -0.2) is 34.6 Å². The Morgan fingerprint density at radius 2 is 2.06 bits per heavy atom. The quantitative estimate of drug-likeness (QED) is 0.890. The van der Waals surface area contributed by atoms with E-state index in [2.05, 4.69) is 0 Å². The molecular formula is C15H21NO2. The molecule has 0 atom stereocenters. The third-order valence-electron chi connectivity index (χ3n) is 3.60. The minimum atomic E-state index is -0.651. The smallest absolute Gasteiger partial charge is 0.254 e. The van der Waals surface area contributed by atoms with Gasteiger partial charge in [-0.3, -0.25) is 4.79 Å². The third kappa shape index (κ3) is 2.41. The van der Waals surface area contributed by atoms with Gasteiger partial charge in [0.15, 0.2) is 0 Å². The van der Waals surface area contributed by atoms with Crippen molar-refractivity contribution >= 4 is 5.91 Å². The SMILES string of the molecule is CCCC1(O)CN(C(=O)c2cc(C)ccc2C)C1. The number of carbonyl (C=O) groups excluding carboxylic acids is 1. The Balaban J connectivity index is 2.08. The molecule has 2 rings (SSSR count). The molecule has 1 N–H and O–H groups in total. The van der Waals surface area contributed by atoms with E-state index in [1.165, 1.54) is 0 Å². The van der Waals surface area contributed by atoms with Crippen molar-refractivity contribution in [2.75, 3.05) is 13.1 Å². The lowest BCUT2D eigenvalue weighted by atomic mass is 9.88. The van der Waals surface area contributed by atoms with Crippen molar-refractivity contribution in [1.82, 2.24) is 4.90 Å². The summed E-state index contributed by atoms with van der Waals surface area (Å²) in [6, 6.07) is 5.91. The Hall–Kier alpha value is -1.35. The van der Waals surface area contributed by atoms with E-state index in [0.717, 1.165) is 29.5 Å². The summed E-state index contributed by atoms with van der Waals surface area (Å²) in [5, 5.41) is 10.1. The van der Waals surface area contributed by atoms with E-state index in [1.54, 1.807) is 4.90 Å². The Bertz CT molecular complexity index is 462. The first-order chi connectivity index (χ1) is 8.45. The van der Waals surface area contributed by atoms with Crippen molar-refractivity contribution in [2.45, 2.75) is 39.2 Å². The van der Waals surface area contributed by atoms with E-state index in [9.17, 15) is 9.90 Å². The van der Waals surface area contributed by atoms with E-state index in [4.69, 9.17) is 0 Å². The van der Waals surface area contributed by atoms with Crippen molar-refractivity contribution in [2.24, 2.45) is 0 Å². The van der Waals surface area contributed by atoms with Gasteiger partial charge in [0.05, 0.1) is 18.7 Å². The van der Waals surface area contributed by atoms with E-state index >= 15 is 0 Å². The van der Waals surface area contributed by atoms with Gasteiger partial charge < -0.3 is 10.0 Å². The topological polar surface area (TPSA) is 40.5 Å². The van der Waals surface area contributed by atoms with Crippen LogP contribution in [0.15, 0.2) is 18.2 Å². The molecule has 1 fully saturated rings. The predicted octanol–water partition coefficient (Wildman–Crippen LogP) is 2.29. The molecule has 0 aliphatic carbocycles. The summed E-state index contributed by atoms with van der Waals surface area (Å²) in [5.74, 6) is 0.0389. The number of benzene rings is 1. The fourth-order valence-corrected chi connectivity index (χ4v) is 2.57. The van der Waals surface area contributed by atoms with Gasteiger partial charge in [-0.2, -0.15) is 0 Å². The molecule has 18 heavy (non-hydrogen) atoms. The second-order valence-electron chi connectivity index (χ2n) is 5.45. The first-order valence-electron chi connectivity index (χ1n) is 6.54. The number of likely N-dealkylation sites (tertiary alicyclic amines) is 1. The van der Waals surface area contributed by atoms with Crippen LogP contribution >= 0.6 is 0 Å². The van der Waals surface area contributed by atoms with Gasteiger partial charge in [0.1, 0.15) is 0 Å². The van der Waals surface area contributed by atoms with Gasteiger partial charge in [-0.1, -0.05) is 31.0 Å². The first-order valence-corrected chi connectivity index (χ1v) is 6.54. The average molecular weight is 247 g/mol. The number of amides is 1. The molecule has 1 aliphatic rings. The molecule has 0 bridgehead atoms. The predicted molar refractivity (Wildman–Crippen MR) is 71.7 cm³/mol. The summed E-state index contributed by atoms with van der Waals surface area (Å²) >= 11 is 0. The second-order valence-corrected chi connectivity index (χ2v) is 5.45. The minimum Gasteiger partial charge on any atom is -0.386 e. The Morgan fingerprint density at radius 1 is 1.39 bits per heavy atom. The van der Waals surface area contributed by atoms with Crippen LogP contribution in [0.3, 0.4) is 0 Å². The lowest BCUT2D eigenvalue weighted by Crippen LogP contribution is -2.63. The molecule has 1 saturated heterocycles. The van der Waals surface area contributed by atoms with Gasteiger partial charge in [-0.05, 0) is 31.9 Å². The molecule has 98 valence electrons. The molecule has 3 heteroatoms. The average Bonchev–Trinajstić information content (AvgIpc) is 2.28. The zero-order valence-electron chi connectivity index (χ0n) is 11.4. The highest BCUT2D eigenvalue weighted by Crippen LogP contribution is 2.28. The summed E-state index contributed by atoms with van der Waals surface area (Å²) in [6.45, 7) is 6.91. The first kappa shape index (κ1) is 13.1. The van der Waals surface area contributed by atoms with Crippen LogP contribution in [0.1, 0.15) is 41.3 Å². The van der Waals surface area contributed by atoms with Crippen molar-refractivity contribution < 1.29 is 9.90 Å². The Kier molecular flexibility index (Phi) is 3.44. The summed E-state index contributed by atoms with van der Waals surface area (Å²) in [7, 11) is 0. The van der Waals surface area contributed by atoms with Crippen molar-refractivity contribution in [3.8, 4) is 0 Å².